The molecule has 102 valence electrons. The van der Waals surface area contributed by atoms with Crippen LogP contribution in [0, 0.1) is 0 Å². The lowest BCUT2D eigenvalue weighted by atomic mass is 10.1. The summed E-state index contributed by atoms with van der Waals surface area (Å²) in [6.45, 7) is 12.8. The molecule has 0 bridgehead atoms. The fourth-order valence-electron chi connectivity index (χ4n) is 1.51. The van der Waals surface area contributed by atoms with E-state index in [-0.39, 0.29) is 11.1 Å². The van der Waals surface area contributed by atoms with Crippen molar-refractivity contribution >= 4 is 5.96 Å². The second-order valence-electron chi connectivity index (χ2n) is 6.34. The number of guanidine groups is 1. The Morgan fingerprint density at radius 3 is 2.44 bits per heavy atom. The molecule has 0 fully saturated rings. The maximum atomic E-state index is 5.82. The Morgan fingerprint density at radius 2 is 1.94 bits per heavy atom. The average molecular weight is 252 g/mol. The summed E-state index contributed by atoms with van der Waals surface area (Å²) in [5.41, 5.74) is 5.62. The van der Waals surface area contributed by atoms with Crippen molar-refractivity contribution in [1.29, 1.82) is 0 Å². The van der Waals surface area contributed by atoms with Gasteiger partial charge in [-0.2, -0.15) is 5.10 Å². The molecule has 1 aromatic rings. The van der Waals surface area contributed by atoms with Crippen molar-refractivity contribution in [3.8, 4) is 0 Å². The molecule has 1 rings (SSSR count). The van der Waals surface area contributed by atoms with E-state index in [9.17, 15) is 0 Å². The van der Waals surface area contributed by atoms with Gasteiger partial charge in [0, 0.05) is 5.54 Å². The third-order valence-electron chi connectivity index (χ3n) is 2.15. The van der Waals surface area contributed by atoms with E-state index in [2.05, 4.69) is 41.2 Å². The third-order valence-corrected chi connectivity index (χ3v) is 2.15. The first-order valence-corrected chi connectivity index (χ1v) is 6.07. The summed E-state index contributed by atoms with van der Waals surface area (Å²) in [4.78, 5) is 8.50. The lowest BCUT2D eigenvalue weighted by molar-refractivity contribution is 0.341. The Balaban J connectivity index is 2.75. The largest absolute Gasteiger partial charge is 0.370 e. The van der Waals surface area contributed by atoms with E-state index in [1.807, 2.05) is 25.5 Å². The molecule has 0 amide bonds. The molecule has 6 heteroatoms. The highest BCUT2D eigenvalue weighted by molar-refractivity contribution is 5.78. The predicted octanol–water partition coefficient (Wildman–Crippen LogP) is 1.24. The SMILES string of the molecule is CC(C)(C)NC(N)=NCc1ncnn1C(C)(C)C. The maximum Gasteiger partial charge on any atom is 0.189 e. The molecule has 0 saturated heterocycles. The highest BCUT2D eigenvalue weighted by atomic mass is 15.4. The number of rotatable bonds is 2. The molecule has 0 aliphatic heterocycles. The highest BCUT2D eigenvalue weighted by Crippen LogP contribution is 2.14. The lowest BCUT2D eigenvalue weighted by Gasteiger charge is -2.22. The number of nitrogens with zero attached hydrogens (tertiary/aromatic N) is 4. The van der Waals surface area contributed by atoms with Gasteiger partial charge in [-0.15, -0.1) is 0 Å². The Hall–Kier alpha value is -1.59. The van der Waals surface area contributed by atoms with Gasteiger partial charge in [-0.25, -0.2) is 14.7 Å². The van der Waals surface area contributed by atoms with Gasteiger partial charge in [0.1, 0.15) is 18.7 Å². The van der Waals surface area contributed by atoms with Crippen molar-refractivity contribution in [3.05, 3.63) is 12.2 Å². The maximum absolute atomic E-state index is 5.82. The van der Waals surface area contributed by atoms with E-state index in [1.54, 1.807) is 6.33 Å². The second-order valence-corrected chi connectivity index (χ2v) is 6.34. The van der Waals surface area contributed by atoms with Crippen molar-refractivity contribution in [1.82, 2.24) is 20.1 Å². The van der Waals surface area contributed by atoms with Crippen LogP contribution in [0.3, 0.4) is 0 Å². The van der Waals surface area contributed by atoms with Crippen LogP contribution in [0.25, 0.3) is 0 Å². The van der Waals surface area contributed by atoms with E-state index < -0.39 is 0 Å². The van der Waals surface area contributed by atoms with E-state index in [4.69, 9.17) is 5.73 Å². The van der Waals surface area contributed by atoms with Crippen LogP contribution in [0.2, 0.25) is 0 Å². The molecule has 1 heterocycles. The van der Waals surface area contributed by atoms with Crippen molar-refractivity contribution in [2.75, 3.05) is 0 Å². The summed E-state index contributed by atoms with van der Waals surface area (Å²) in [6.07, 6.45) is 1.55. The van der Waals surface area contributed by atoms with Crippen LogP contribution in [0.15, 0.2) is 11.3 Å². The second kappa shape index (κ2) is 4.96. The standard InChI is InChI=1S/C12H24N6/c1-11(2,3)17-10(13)14-7-9-15-8-16-18(9)12(4,5)6/h8H,7H2,1-6H3,(H3,13,14,17). The smallest absolute Gasteiger partial charge is 0.189 e. The van der Waals surface area contributed by atoms with Crippen molar-refractivity contribution in [3.63, 3.8) is 0 Å². The summed E-state index contributed by atoms with van der Waals surface area (Å²) in [5, 5.41) is 7.33. The van der Waals surface area contributed by atoms with Crippen LogP contribution in [-0.4, -0.2) is 26.3 Å². The topological polar surface area (TPSA) is 81.1 Å². The molecule has 3 N–H and O–H groups in total. The summed E-state index contributed by atoms with van der Waals surface area (Å²) in [6, 6.07) is 0. The summed E-state index contributed by atoms with van der Waals surface area (Å²) in [7, 11) is 0. The first-order chi connectivity index (χ1) is 8.09. The van der Waals surface area contributed by atoms with Crippen LogP contribution >= 0.6 is 0 Å². The average Bonchev–Trinajstić information content (AvgIpc) is 2.58. The minimum absolute atomic E-state index is 0.0920. The molecule has 0 spiro atoms. The molecular weight excluding hydrogens is 228 g/mol. The van der Waals surface area contributed by atoms with Gasteiger partial charge in [-0.1, -0.05) is 0 Å². The Labute approximate surface area is 109 Å². The molecule has 0 unspecified atom stereocenters. The van der Waals surface area contributed by atoms with E-state index >= 15 is 0 Å². The van der Waals surface area contributed by atoms with Crippen LogP contribution in [0.5, 0.6) is 0 Å². The van der Waals surface area contributed by atoms with Crippen LogP contribution in [0.1, 0.15) is 47.4 Å². The molecule has 0 aliphatic carbocycles. The number of hydrogen-bond donors (Lipinski definition) is 2. The predicted molar refractivity (Wildman–Crippen MR) is 73.2 cm³/mol. The molecule has 18 heavy (non-hydrogen) atoms. The van der Waals surface area contributed by atoms with Gasteiger partial charge in [0.15, 0.2) is 5.96 Å². The van der Waals surface area contributed by atoms with Gasteiger partial charge in [-0.05, 0) is 41.5 Å². The summed E-state index contributed by atoms with van der Waals surface area (Å²) >= 11 is 0. The molecule has 6 nitrogen and oxygen atoms in total. The van der Waals surface area contributed by atoms with Crippen molar-refractivity contribution < 1.29 is 0 Å². The quantitative estimate of drug-likeness (QED) is 0.613. The zero-order chi connectivity index (χ0) is 14.0. The van der Waals surface area contributed by atoms with Crippen molar-refractivity contribution in [2.45, 2.75) is 59.2 Å². The summed E-state index contributed by atoms with van der Waals surface area (Å²) < 4.78 is 1.86. The van der Waals surface area contributed by atoms with Crippen LogP contribution in [-0.2, 0) is 12.1 Å². The Kier molecular flexibility index (Phi) is 3.98. The van der Waals surface area contributed by atoms with Gasteiger partial charge >= 0.3 is 0 Å². The summed E-state index contributed by atoms with van der Waals surface area (Å²) in [5.74, 6) is 1.23. The van der Waals surface area contributed by atoms with E-state index in [1.165, 1.54) is 0 Å². The molecular formula is C12H24N6. The van der Waals surface area contributed by atoms with Crippen LogP contribution < -0.4 is 11.1 Å². The minimum Gasteiger partial charge on any atom is -0.370 e. The lowest BCUT2D eigenvalue weighted by Crippen LogP contribution is -2.45. The zero-order valence-corrected chi connectivity index (χ0v) is 12.2. The normalized spacial score (nSPS) is 13.8. The monoisotopic (exact) mass is 252 g/mol. The Morgan fingerprint density at radius 1 is 1.33 bits per heavy atom. The fourth-order valence-corrected chi connectivity index (χ4v) is 1.51. The van der Waals surface area contributed by atoms with Gasteiger partial charge in [-0.3, -0.25) is 0 Å². The first kappa shape index (κ1) is 14.5. The van der Waals surface area contributed by atoms with Crippen LogP contribution in [0.4, 0.5) is 0 Å². The number of nitrogens with two attached hydrogens (primary N) is 1. The number of aromatic nitrogens is 3. The van der Waals surface area contributed by atoms with Gasteiger partial charge < -0.3 is 11.1 Å². The molecule has 0 aromatic carbocycles. The molecule has 0 atom stereocenters. The van der Waals surface area contributed by atoms with E-state index in [0.29, 0.717) is 12.5 Å². The van der Waals surface area contributed by atoms with E-state index in [0.717, 1.165) is 5.82 Å². The Bertz CT molecular complexity index is 419. The van der Waals surface area contributed by atoms with Gasteiger partial charge in [0.25, 0.3) is 0 Å². The molecule has 1 aromatic heterocycles. The number of nitrogens with one attached hydrogen (secondary N) is 1. The number of hydrogen-bond acceptors (Lipinski definition) is 3. The first-order valence-electron chi connectivity index (χ1n) is 6.07. The van der Waals surface area contributed by atoms with Gasteiger partial charge in [0.05, 0.1) is 5.54 Å². The molecule has 0 aliphatic rings. The highest BCUT2D eigenvalue weighted by Gasteiger charge is 2.18. The zero-order valence-electron chi connectivity index (χ0n) is 12.2. The third kappa shape index (κ3) is 4.35. The minimum atomic E-state index is -0.104. The molecule has 0 radical (unpaired) electrons. The van der Waals surface area contributed by atoms with Crippen molar-refractivity contribution in [2.24, 2.45) is 10.7 Å². The molecule has 0 saturated carbocycles. The van der Waals surface area contributed by atoms with Gasteiger partial charge in [0.2, 0.25) is 0 Å². The fraction of sp³-hybridized carbons (Fsp3) is 0.750. The number of aliphatic imine (C=N–C) groups is 1.